The van der Waals surface area contributed by atoms with Crippen molar-refractivity contribution < 1.29 is 0 Å². The number of anilines is 2. The zero-order valence-electron chi connectivity index (χ0n) is 8.90. The number of nitrogens with two attached hydrogens (primary N) is 1. The third kappa shape index (κ3) is 2.70. The first kappa shape index (κ1) is 11.8. The molecule has 2 aromatic rings. The predicted molar refractivity (Wildman–Crippen MR) is 72.2 cm³/mol. The molecule has 3 nitrogen and oxygen atoms in total. The zero-order chi connectivity index (χ0) is 12.3. The molecule has 0 saturated carbocycles. The summed E-state index contributed by atoms with van der Waals surface area (Å²) in [6, 6.07) is 9.09. The fourth-order valence-electron chi connectivity index (χ4n) is 1.40. The number of nitrogens with zero attached hydrogens (tertiary/aromatic N) is 1. The number of nitriles is 1. The molecule has 3 N–H and O–H groups in total. The van der Waals surface area contributed by atoms with Crippen LogP contribution in [0, 0.1) is 11.3 Å². The molecule has 0 aliphatic rings. The molecule has 0 spiro atoms. The number of hydrogen-bond acceptors (Lipinski definition) is 4. The van der Waals surface area contributed by atoms with Crippen LogP contribution in [0.2, 0.25) is 5.02 Å². The highest BCUT2D eigenvalue weighted by molar-refractivity contribution is 7.10. The van der Waals surface area contributed by atoms with Gasteiger partial charge in [-0.05, 0) is 29.6 Å². The van der Waals surface area contributed by atoms with Crippen molar-refractivity contribution in [1.29, 1.82) is 5.26 Å². The van der Waals surface area contributed by atoms with Crippen molar-refractivity contribution in [1.82, 2.24) is 0 Å². The molecule has 0 amide bonds. The average Bonchev–Trinajstić information content (AvgIpc) is 2.73. The van der Waals surface area contributed by atoms with Crippen LogP contribution in [0.4, 0.5) is 11.4 Å². The summed E-state index contributed by atoms with van der Waals surface area (Å²) in [4.78, 5) is 1.07. The second-order valence-electron chi connectivity index (χ2n) is 3.46. The van der Waals surface area contributed by atoms with Gasteiger partial charge in [0.1, 0.15) is 0 Å². The van der Waals surface area contributed by atoms with Crippen LogP contribution in [-0.4, -0.2) is 0 Å². The van der Waals surface area contributed by atoms with E-state index in [4.69, 9.17) is 22.6 Å². The van der Waals surface area contributed by atoms with E-state index in [1.807, 2.05) is 17.5 Å². The number of halogens is 1. The Balaban J connectivity index is 2.10. The molecule has 5 heteroatoms. The monoisotopic (exact) mass is 263 g/mol. The number of rotatable bonds is 3. The fraction of sp³-hybridized carbons (Fsp3) is 0.0833. The van der Waals surface area contributed by atoms with Gasteiger partial charge in [-0.15, -0.1) is 11.3 Å². The van der Waals surface area contributed by atoms with Crippen LogP contribution in [0.25, 0.3) is 0 Å². The van der Waals surface area contributed by atoms with E-state index >= 15 is 0 Å². The van der Waals surface area contributed by atoms with Gasteiger partial charge in [-0.25, -0.2) is 0 Å². The van der Waals surface area contributed by atoms with Crippen LogP contribution in [0.5, 0.6) is 0 Å². The van der Waals surface area contributed by atoms with E-state index in [-0.39, 0.29) is 0 Å². The van der Waals surface area contributed by atoms with Crippen molar-refractivity contribution in [2.75, 3.05) is 11.1 Å². The predicted octanol–water partition coefficient (Wildman–Crippen LogP) is 3.47. The van der Waals surface area contributed by atoms with Gasteiger partial charge in [-0.3, -0.25) is 0 Å². The van der Waals surface area contributed by atoms with Gasteiger partial charge in [-0.1, -0.05) is 11.6 Å². The highest BCUT2D eigenvalue weighted by atomic mass is 35.5. The lowest BCUT2D eigenvalue weighted by atomic mass is 10.2. The Bertz CT molecular complexity index is 571. The first-order valence-corrected chi connectivity index (χ1v) is 6.22. The molecule has 1 heterocycles. The van der Waals surface area contributed by atoms with Gasteiger partial charge in [-0.2, -0.15) is 5.26 Å². The lowest BCUT2D eigenvalue weighted by Crippen LogP contribution is -2.00. The van der Waals surface area contributed by atoms with Crippen LogP contribution in [0.1, 0.15) is 10.4 Å². The molecule has 0 aliphatic carbocycles. The molecule has 1 aromatic heterocycles. The van der Waals surface area contributed by atoms with Gasteiger partial charge in [0.2, 0.25) is 0 Å². The molecule has 0 radical (unpaired) electrons. The van der Waals surface area contributed by atoms with E-state index in [9.17, 15) is 0 Å². The molecule has 1 aromatic carbocycles. The summed E-state index contributed by atoms with van der Waals surface area (Å²) < 4.78 is 0. The van der Waals surface area contributed by atoms with E-state index < -0.39 is 0 Å². The standard InChI is InChI=1S/C12H10ClN3S/c13-9-5-8(6-14)1-2-11(9)16-7-12-10(15)3-4-17-12/h1-5,16H,7,15H2. The topological polar surface area (TPSA) is 61.8 Å². The van der Waals surface area contributed by atoms with Crippen molar-refractivity contribution in [3.05, 3.63) is 45.1 Å². The van der Waals surface area contributed by atoms with Gasteiger partial charge < -0.3 is 11.1 Å². The van der Waals surface area contributed by atoms with Crippen molar-refractivity contribution >= 4 is 34.3 Å². The molecule has 17 heavy (non-hydrogen) atoms. The zero-order valence-corrected chi connectivity index (χ0v) is 10.5. The minimum Gasteiger partial charge on any atom is -0.398 e. The van der Waals surface area contributed by atoms with Gasteiger partial charge in [0.15, 0.2) is 0 Å². The molecule has 86 valence electrons. The maximum atomic E-state index is 8.73. The van der Waals surface area contributed by atoms with Crippen molar-refractivity contribution in [3.8, 4) is 6.07 Å². The summed E-state index contributed by atoms with van der Waals surface area (Å²) in [5, 5.41) is 14.4. The number of nitrogens with one attached hydrogen (secondary N) is 1. The first-order chi connectivity index (χ1) is 8.20. The summed E-state index contributed by atoms with van der Waals surface area (Å²) in [5.74, 6) is 0. The SMILES string of the molecule is N#Cc1ccc(NCc2sccc2N)c(Cl)c1. The van der Waals surface area contributed by atoms with Crippen molar-refractivity contribution in [3.63, 3.8) is 0 Å². The smallest absolute Gasteiger partial charge is 0.0992 e. The quantitative estimate of drug-likeness (QED) is 0.891. The number of nitrogen functional groups attached to an aromatic ring is 1. The summed E-state index contributed by atoms with van der Waals surface area (Å²) in [7, 11) is 0. The number of thiophene rings is 1. The van der Waals surface area contributed by atoms with Crippen LogP contribution < -0.4 is 11.1 Å². The second kappa shape index (κ2) is 5.09. The average molecular weight is 264 g/mol. The largest absolute Gasteiger partial charge is 0.398 e. The molecule has 2 rings (SSSR count). The van der Waals surface area contributed by atoms with Gasteiger partial charge in [0.05, 0.1) is 28.9 Å². The third-order valence-electron chi connectivity index (χ3n) is 2.32. The van der Waals surface area contributed by atoms with Gasteiger partial charge in [0.25, 0.3) is 0 Å². The highest BCUT2D eigenvalue weighted by Crippen LogP contribution is 2.25. The molecule has 0 atom stereocenters. The maximum absolute atomic E-state index is 8.73. The van der Waals surface area contributed by atoms with E-state index in [1.54, 1.807) is 29.5 Å². The number of hydrogen-bond donors (Lipinski definition) is 2. The normalized spacial score (nSPS) is 9.88. The van der Waals surface area contributed by atoms with Crippen LogP contribution in [-0.2, 0) is 6.54 Å². The molecular weight excluding hydrogens is 254 g/mol. The Morgan fingerprint density at radius 1 is 1.41 bits per heavy atom. The first-order valence-electron chi connectivity index (χ1n) is 4.96. The summed E-state index contributed by atoms with van der Waals surface area (Å²) >= 11 is 7.65. The Morgan fingerprint density at radius 3 is 2.82 bits per heavy atom. The summed E-state index contributed by atoms with van der Waals surface area (Å²) in [6.45, 7) is 0.634. The van der Waals surface area contributed by atoms with E-state index in [0.29, 0.717) is 17.1 Å². The molecule has 0 aliphatic heterocycles. The third-order valence-corrected chi connectivity index (χ3v) is 3.57. The highest BCUT2D eigenvalue weighted by Gasteiger charge is 2.04. The summed E-state index contributed by atoms with van der Waals surface area (Å²) in [6.07, 6.45) is 0. The number of benzene rings is 1. The Hall–Kier alpha value is -1.70. The van der Waals surface area contributed by atoms with Gasteiger partial charge in [0, 0.05) is 10.6 Å². The molecule has 0 saturated heterocycles. The molecule has 0 fully saturated rings. The molecule has 0 bridgehead atoms. The maximum Gasteiger partial charge on any atom is 0.0992 e. The lowest BCUT2D eigenvalue weighted by molar-refractivity contribution is 1.19. The van der Waals surface area contributed by atoms with E-state index in [0.717, 1.165) is 16.3 Å². The van der Waals surface area contributed by atoms with Crippen LogP contribution in [0.15, 0.2) is 29.6 Å². The second-order valence-corrected chi connectivity index (χ2v) is 4.87. The minimum atomic E-state index is 0.541. The fourth-order valence-corrected chi connectivity index (χ4v) is 2.38. The van der Waals surface area contributed by atoms with E-state index in [1.165, 1.54) is 0 Å². The Morgan fingerprint density at radius 2 is 2.24 bits per heavy atom. The van der Waals surface area contributed by atoms with Crippen LogP contribution in [0.3, 0.4) is 0 Å². The van der Waals surface area contributed by atoms with E-state index in [2.05, 4.69) is 5.32 Å². The molecule has 0 unspecified atom stereocenters. The lowest BCUT2D eigenvalue weighted by Gasteiger charge is -2.07. The van der Waals surface area contributed by atoms with Crippen molar-refractivity contribution in [2.45, 2.75) is 6.54 Å². The van der Waals surface area contributed by atoms with Crippen LogP contribution >= 0.6 is 22.9 Å². The van der Waals surface area contributed by atoms with Crippen molar-refractivity contribution in [2.24, 2.45) is 0 Å². The minimum absolute atomic E-state index is 0.541. The van der Waals surface area contributed by atoms with Gasteiger partial charge >= 0.3 is 0 Å². The Labute approximate surface area is 108 Å². The summed E-state index contributed by atoms with van der Waals surface area (Å²) in [5.41, 5.74) is 7.92. The molecular formula is C12H10ClN3S. The Kier molecular flexibility index (Phi) is 3.52.